The van der Waals surface area contributed by atoms with Gasteiger partial charge in [-0.3, -0.25) is 4.79 Å². The molecule has 4 nitrogen and oxygen atoms in total. The van der Waals surface area contributed by atoms with Crippen molar-refractivity contribution in [2.75, 3.05) is 0 Å². The second-order valence-corrected chi connectivity index (χ2v) is 8.63. The average Bonchev–Trinajstić information content (AvgIpc) is 3.23. The molecular formula is C19H21NO3S. The van der Waals surface area contributed by atoms with Crippen molar-refractivity contribution in [2.45, 2.75) is 38.7 Å². The minimum atomic E-state index is -0.00975. The molecule has 4 bridgehead atoms. The SMILES string of the molecule is O=C(OCc1coc(-c2cccs2)n1)C1C2CC3CC(C2)CC1C3. The third kappa shape index (κ3) is 2.50. The van der Waals surface area contributed by atoms with Gasteiger partial charge >= 0.3 is 5.97 Å². The largest absolute Gasteiger partial charge is 0.459 e. The molecule has 0 saturated heterocycles. The molecule has 5 heteroatoms. The zero-order valence-corrected chi connectivity index (χ0v) is 14.3. The Labute approximate surface area is 145 Å². The Morgan fingerprint density at radius 3 is 2.62 bits per heavy atom. The number of aromatic nitrogens is 1. The lowest BCUT2D eigenvalue weighted by atomic mass is 9.52. The van der Waals surface area contributed by atoms with Gasteiger partial charge in [0.15, 0.2) is 0 Å². The first-order valence-electron chi connectivity index (χ1n) is 8.91. The molecule has 126 valence electrons. The maximum atomic E-state index is 12.7. The van der Waals surface area contributed by atoms with Crippen LogP contribution in [0.4, 0.5) is 0 Å². The number of ether oxygens (including phenoxy) is 1. The van der Waals surface area contributed by atoms with E-state index in [1.54, 1.807) is 17.6 Å². The number of carbonyl (C=O) groups excluding carboxylic acids is 1. The van der Waals surface area contributed by atoms with Gasteiger partial charge in [0.1, 0.15) is 18.6 Å². The summed E-state index contributed by atoms with van der Waals surface area (Å²) in [5.41, 5.74) is 0.690. The molecule has 4 fully saturated rings. The van der Waals surface area contributed by atoms with Crippen molar-refractivity contribution < 1.29 is 13.9 Å². The summed E-state index contributed by atoms with van der Waals surface area (Å²) in [6, 6.07) is 3.94. The van der Waals surface area contributed by atoms with Crippen LogP contribution in [0.25, 0.3) is 10.8 Å². The Hall–Kier alpha value is -1.62. The summed E-state index contributed by atoms with van der Waals surface area (Å²) >= 11 is 1.59. The number of esters is 1. The number of hydrogen-bond donors (Lipinski definition) is 0. The Morgan fingerprint density at radius 1 is 1.21 bits per heavy atom. The standard InChI is InChI=1S/C19H21NO3S/c21-19(17-13-5-11-4-12(7-13)8-14(17)6-11)23-10-15-9-22-18(20-15)16-2-1-3-24-16/h1-3,9,11-14,17H,4-8,10H2. The topological polar surface area (TPSA) is 52.3 Å². The molecule has 0 unspecified atom stereocenters. The second kappa shape index (κ2) is 5.73. The highest BCUT2D eigenvalue weighted by Crippen LogP contribution is 2.56. The second-order valence-electron chi connectivity index (χ2n) is 7.69. The molecule has 2 aromatic heterocycles. The molecule has 4 saturated carbocycles. The molecule has 4 aliphatic carbocycles. The van der Waals surface area contributed by atoms with Gasteiger partial charge in [0.2, 0.25) is 5.89 Å². The summed E-state index contributed by atoms with van der Waals surface area (Å²) in [6.45, 7) is 0.219. The summed E-state index contributed by atoms with van der Waals surface area (Å²) in [6.07, 6.45) is 7.94. The lowest BCUT2D eigenvalue weighted by Crippen LogP contribution is -2.48. The first-order chi connectivity index (χ1) is 11.8. The van der Waals surface area contributed by atoms with Crippen LogP contribution in [0.5, 0.6) is 0 Å². The van der Waals surface area contributed by atoms with Gasteiger partial charge < -0.3 is 9.15 Å². The Balaban J connectivity index is 1.23. The smallest absolute Gasteiger partial charge is 0.309 e. The quantitative estimate of drug-likeness (QED) is 0.766. The van der Waals surface area contributed by atoms with Crippen molar-refractivity contribution in [3.8, 4) is 10.8 Å². The summed E-state index contributed by atoms with van der Waals surface area (Å²) in [7, 11) is 0. The summed E-state index contributed by atoms with van der Waals surface area (Å²) in [5, 5.41) is 1.99. The number of carbonyl (C=O) groups is 1. The van der Waals surface area contributed by atoms with Crippen LogP contribution in [0.15, 0.2) is 28.2 Å². The van der Waals surface area contributed by atoms with E-state index in [9.17, 15) is 4.79 Å². The van der Waals surface area contributed by atoms with E-state index in [0.29, 0.717) is 23.4 Å². The van der Waals surface area contributed by atoms with Crippen molar-refractivity contribution in [2.24, 2.45) is 29.6 Å². The number of hydrogen-bond acceptors (Lipinski definition) is 5. The Morgan fingerprint density at radius 2 is 1.96 bits per heavy atom. The van der Waals surface area contributed by atoms with E-state index in [1.165, 1.54) is 32.1 Å². The lowest BCUT2D eigenvalue weighted by molar-refractivity contribution is -0.163. The number of nitrogens with zero attached hydrogens (tertiary/aromatic N) is 1. The third-order valence-corrected chi connectivity index (χ3v) is 7.00. The van der Waals surface area contributed by atoms with Gasteiger partial charge in [0.25, 0.3) is 0 Å². The van der Waals surface area contributed by atoms with Gasteiger partial charge in [-0.1, -0.05) is 6.07 Å². The number of thiophene rings is 1. The van der Waals surface area contributed by atoms with Gasteiger partial charge in [-0.15, -0.1) is 11.3 Å². The van der Waals surface area contributed by atoms with Crippen LogP contribution in [-0.4, -0.2) is 11.0 Å². The zero-order chi connectivity index (χ0) is 16.1. The van der Waals surface area contributed by atoms with E-state index < -0.39 is 0 Å². The summed E-state index contributed by atoms with van der Waals surface area (Å²) in [4.78, 5) is 18.1. The zero-order valence-electron chi connectivity index (χ0n) is 13.5. The highest BCUT2D eigenvalue weighted by atomic mass is 32.1. The van der Waals surface area contributed by atoms with E-state index >= 15 is 0 Å². The van der Waals surface area contributed by atoms with Crippen molar-refractivity contribution in [1.82, 2.24) is 4.98 Å². The molecular weight excluding hydrogens is 322 g/mol. The molecule has 0 atom stereocenters. The molecule has 0 aliphatic heterocycles. The first-order valence-corrected chi connectivity index (χ1v) is 9.79. The van der Waals surface area contributed by atoms with Gasteiger partial charge in [-0.25, -0.2) is 4.98 Å². The molecule has 2 heterocycles. The maximum Gasteiger partial charge on any atom is 0.309 e. The number of rotatable bonds is 4. The average molecular weight is 343 g/mol. The van der Waals surface area contributed by atoms with Crippen LogP contribution in [0.3, 0.4) is 0 Å². The lowest BCUT2D eigenvalue weighted by Gasteiger charge is -2.53. The monoisotopic (exact) mass is 343 g/mol. The van der Waals surface area contributed by atoms with Crippen molar-refractivity contribution in [3.63, 3.8) is 0 Å². The molecule has 0 aromatic carbocycles. The van der Waals surface area contributed by atoms with Crippen LogP contribution in [0, 0.1) is 29.6 Å². The molecule has 0 amide bonds. The van der Waals surface area contributed by atoms with Gasteiger partial charge in [0.05, 0.1) is 10.8 Å². The Bertz CT molecular complexity index is 708. The molecule has 2 aromatic rings. The fourth-order valence-corrected chi connectivity index (χ4v) is 6.09. The van der Waals surface area contributed by atoms with E-state index in [-0.39, 0.29) is 18.5 Å². The minimum absolute atomic E-state index is 0.00975. The maximum absolute atomic E-state index is 12.7. The fraction of sp³-hybridized carbons (Fsp3) is 0.579. The van der Waals surface area contributed by atoms with Crippen LogP contribution in [0.1, 0.15) is 37.8 Å². The molecule has 6 rings (SSSR count). The van der Waals surface area contributed by atoms with E-state index in [0.717, 1.165) is 16.7 Å². The Kier molecular flexibility index (Phi) is 3.51. The van der Waals surface area contributed by atoms with Crippen molar-refractivity contribution in [1.29, 1.82) is 0 Å². The third-order valence-electron chi connectivity index (χ3n) is 6.14. The van der Waals surface area contributed by atoms with E-state index in [1.807, 2.05) is 17.5 Å². The van der Waals surface area contributed by atoms with Crippen LogP contribution < -0.4 is 0 Å². The molecule has 24 heavy (non-hydrogen) atoms. The van der Waals surface area contributed by atoms with Crippen molar-refractivity contribution >= 4 is 17.3 Å². The van der Waals surface area contributed by atoms with Crippen LogP contribution in [0.2, 0.25) is 0 Å². The highest BCUT2D eigenvalue weighted by molar-refractivity contribution is 7.13. The summed E-state index contributed by atoms with van der Waals surface area (Å²) in [5.74, 6) is 3.60. The van der Waals surface area contributed by atoms with Gasteiger partial charge in [0, 0.05) is 0 Å². The first kappa shape index (κ1) is 14.7. The normalized spacial score (nSPS) is 33.8. The predicted molar refractivity (Wildman–Crippen MR) is 90.1 cm³/mol. The van der Waals surface area contributed by atoms with Crippen LogP contribution in [-0.2, 0) is 16.1 Å². The molecule has 4 aliphatic rings. The van der Waals surface area contributed by atoms with Gasteiger partial charge in [-0.05, 0) is 67.2 Å². The molecule has 0 N–H and O–H groups in total. The van der Waals surface area contributed by atoms with Crippen LogP contribution >= 0.6 is 11.3 Å². The number of oxazole rings is 1. The van der Waals surface area contributed by atoms with Gasteiger partial charge in [-0.2, -0.15) is 0 Å². The van der Waals surface area contributed by atoms with E-state index in [4.69, 9.17) is 9.15 Å². The highest BCUT2D eigenvalue weighted by Gasteiger charge is 2.51. The fourth-order valence-electron chi connectivity index (χ4n) is 5.44. The van der Waals surface area contributed by atoms with Crippen molar-refractivity contribution in [3.05, 3.63) is 29.5 Å². The summed E-state index contributed by atoms with van der Waals surface area (Å²) < 4.78 is 11.1. The predicted octanol–water partition coefficient (Wildman–Crippen LogP) is 4.52. The minimum Gasteiger partial charge on any atom is -0.459 e. The molecule has 0 spiro atoms. The van der Waals surface area contributed by atoms with E-state index in [2.05, 4.69) is 4.98 Å². The molecule has 0 radical (unpaired) electrons.